The molecule has 1 aliphatic rings. The van der Waals surface area contributed by atoms with E-state index in [1.165, 1.54) is 0 Å². The molecule has 124 valence electrons. The normalized spacial score (nSPS) is 17.3. The van der Waals surface area contributed by atoms with Crippen LogP contribution >= 0.6 is 11.6 Å². The summed E-state index contributed by atoms with van der Waals surface area (Å²) in [4.78, 5) is 2.32. The van der Waals surface area contributed by atoms with Crippen LogP contribution in [0.25, 0.3) is 0 Å². The van der Waals surface area contributed by atoms with Crippen molar-refractivity contribution in [2.24, 2.45) is 5.73 Å². The van der Waals surface area contributed by atoms with E-state index in [1.54, 1.807) is 7.11 Å². The molecule has 0 radical (unpaired) electrons. The van der Waals surface area contributed by atoms with Gasteiger partial charge in [0, 0.05) is 25.7 Å². The summed E-state index contributed by atoms with van der Waals surface area (Å²) in [5.41, 5.74) is 7.05. The van der Waals surface area contributed by atoms with E-state index in [2.05, 4.69) is 11.8 Å². The van der Waals surface area contributed by atoms with Gasteiger partial charge in [0.05, 0.1) is 32.0 Å². The van der Waals surface area contributed by atoms with Crippen LogP contribution in [0.3, 0.4) is 0 Å². The summed E-state index contributed by atoms with van der Waals surface area (Å²) < 4.78 is 16.6. The summed E-state index contributed by atoms with van der Waals surface area (Å²) in [6.45, 7) is 6.40. The standard InChI is InChI=1S/C16H25ClN2O3/c1-3-6-22-16-13(17)9-12(10-15(16)20-2)14(11-18)19-4-7-21-8-5-19/h9-10,14H,3-8,11,18H2,1-2H3. The maximum Gasteiger partial charge on any atom is 0.179 e. The molecule has 6 heteroatoms. The molecule has 1 fully saturated rings. The SMILES string of the molecule is CCCOc1c(Cl)cc(C(CN)N2CCOCC2)cc1OC. The molecule has 2 rings (SSSR count). The van der Waals surface area contributed by atoms with E-state index in [4.69, 9.17) is 31.5 Å². The Kier molecular flexibility index (Phi) is 6.76. The lowest BCUT2D eigenvalue weighted by molar-refractivity contribution is 0.0178. The topological polar surface area (TPSA) is 57.0 Å². The van der Waals surface area contributed by atoms with E-state index in [-0.39, 0.29) is 6.04 Å². The van der Waals surface area contributed by atoms with Gasteiger partial charge in [0.1, 0.15) is 0 Å². The fourth-order valence-corrected chi connectivity index (χ4v) is 2.94. The molecule has 1 aliphatic heterocycles. The highest BCUT2D eigenvalue weighted by Crippen LogP contribution is 2.39. The summed E-state index contributed by atoms with van der Waals surface area (Å²) in [6, 6.07) is 4.02. The van der Waals surface area contributed by atoms with Crippen molar-refractivity contribution >= 4 is 11.6 Å². The van der Waals surface area contributed by atoms with Crippen LogP contribution in [0, 0.1) is 0 Å². The van der Waals surface area contributed by atoms with Crippen LogP contribution in [-0.2, 0) is 4.74 Å². The third-order valence-corrected chi connectivity index (χ3v) is 4.08. The molecule has 1 saturated heterocycles. The second-order valence-corrected chi connectivity index (χ2v) is 5.69. The fourth-order valence-electron chi connectivity index (χ4n) is 2.66. The van der Waals surface area contributed by atoms with Gasteiger partial charge in [0.2, 0.25) is 0 Å². The Bertz CT molecular complexity index is 479. The second kappa shape index (κ2) is 8.58. The summed E-state index contributed by atoms with van der Waals surface area (Å²) in [5, 5.41) is 0.564. The summed E-state index contributed by atoms with van der Waals surface area (Å²) in [7, 11) is 1.63. The lowest BCUT2D eigenvalue weighted by Gasteiger charge is -2.34. The van der Waals surface area contributed by atoms with Gasteiger partial charge in [-0.2, -0.15) is 0 Å². The molecule has 1 unspecified atom stereocenters. The van der Waals surface area contributed by atoms with Crippen LogP contribution in [0.5, 0.6) is 11.5 Å². The molecule has 0 spiro atoms. The Morgan fingerprint density at radius 2 is 2.09 bits per heavy atom. The molecule has 1 aromatic rings. The highest BCUT2D eigenvalue weighted by molar-refractivity contribution is 6.32. The van der Waals surface area contributed by atoms with Gasteiger partial charge >= 0.3 is 0 Å². The average molecular weight is 329 g/mol. The maximum absolute atomic E-state index is 6.40. The molecule has 0 amide bonds. The number of ether oxygens (including phenoxy) is 3. The molecule has 0 bridgehead atoms. The number of halogens is 1. The van der Waals surface area contributed by atoms with Gasteiger partial charge < -0.3 is 19.9 Å². The van der Waals surface area contributed by atoms with Crippen molar-refractivity contribution in [3.05, 3.63) is 22.7 Å². The van der Waals surface area contributed by atoms with Crippen LogP contribution in [-0.4, -0.2) is 51.5 Å². The van der Waals surface area contributed by atoms with E-state index >= 15 is 0 Å². The molecule has 0 saturated carbocycles. The van der Waals surface area contributed by atoms with Crippen molar-refractivity contribution in [2.75, 3.05) is 46.6 Å². The van der Waals surface area contributed by atoms with Crippen LogP contribution in [0.4, 0.5) is 0 Å². The molecular formula is C16H25ClN2O3. The summed E-state index contributed by atoms with van der Waals surface area (Å²) in [6.07, 6.45) is 0.917. The van der Waals surface area contributed by atoms with Crippen molar-refractivity contribution in [2.45, 2.75) is 19.4 Å². The van der Waals surface area contributed by atoms with E-state index in [0.717, 1.165) is 38.3 Å². The number of hydrogen-bond donors (Lipinski definition) is 1. The largest absolute Gasteiger partial charge is 0.493 e. The van der Waals surface area contributed by atoms with E-state index < -0.39 is 0 Å². The van der Waals surface area contributed by atoms with Crippen molar-refractivity contribution in [3.63, 3.8) is 0 Å². The van der Waals surface area contributed by atoms with Gasteiger partial charge in [0.25, 0.3) is 0 Å². The molecule has 1 atom stereocenters. The molecule has 0 aromatic heterocycles. The Morgan fingerprint density at radius 1 is 1.36 bits per heavy atom. The quantitative estimate of drug-likeness (QED) is 0.833. The zero-order chi connectivity index (χ0) is 15.9. The van der Waals surface area contributed by atoms with Gasteiger partial charge in [-0.15, -0.1) is 0 Å². The van der Waals surface area contributed by atoms with Crippen LogP contribution in [0.15, 0.2) is 12.1 Å². The second-order valence-electron chi connectivity index (χ2n) is 5.28. The highest BCUT2D eigenvalue weighted by atomic mass is 35.5. The number of morpholine rings is 1. The van der Waals surface area contributed by atoms with E-state index in [9.17, 15) is 0 Å². The first-order valence-corrected chi connectivity index (χ1v) is 8.11. The van der Waals surface area contributed by atoms with Gasteiger partial charge in [-0.1, -0.05) is 18.5 Å². The third kappa shape index (κ3) is 4.04. The maximum atomic E-state index is 6.40. The number of nitrogens with two attached hydrogens (primary N) is 1. The monoisotopic (exact) mass is 328 g/mol. The fraction of sp³-hybridized carbons (Fsp3) is 0.625. The smallest absolute Gasteiger partial charge is 0.179 e. The Hall–Kier alpha value is -1.01. The predicted molar refractivity (Wildman–Crippen MR) is 88.0 cm³/mol. The Morgan fingerprint density at radius 3 is 2.68 bits per heavy atom. The minimum absolute atomic E-state index is 0.107. The molecule has 22 heavy (non-hydrogen) atoms. The average Bonchev–Trinajstić information content (AvgIpc) is 2.55. The zero-order valence-electron chi connectivity index (χ0n) is 13.3. The number of nitrogens with zero attached hydrogens (tertiary/aromatic N) is 1. The number of benzene rings is 1. The molecule has 2 N–H and O–H groups in total. The summed E-state index contributed by atoms with van der Waals surface area (Å²) in [5.74, 6) is 1.26. The van der Waals surface area contributed by atoms with Crippen molar-refractivity contribution < 1.29 is 14.2 Å². The first-order chi connectivity index (χ1) is 10.7. The minimum atomic E-state index is 0.107. The van der Waals surface area contributed by atoms with Crippen molar-refractivity contribution in [1.82, 2.24) is 4.90 Å². The van der Waals surface area contributed by atoms with Gasteiger partial charge in [-0.25, -0.2) is 0 Å². The minimum Gasteiger partial charge on any atom is -0.493 e. The predicted octanol–water partition coefficient (Wildman–Crippen LogP) is 2.47. The molecule has 1 heterocycles. The molecule has 1 aromatic carbocycles. The zero-order valence-corrected chi connectivity index (χ0v) is 14.1. The number of hydrogen-bond acceptors (Lipinski definition) is 5. The Balaban J connectivity index is 2.27. The van der Waals surface area contributed by atoms with Crippen LogP contribution in [0.1, 0.15) is 24.9 Å². The molecule has 5 nitrogen and oxygen atoms in total. The van der Waals surface area contributed by atoms with Crippen molar-refractivity contribution in [3.8, 4) is 11.5 Å². The first-order valence-electron chi connectivity index (χ1n) is 7.73. The highest BCUT2D eigenvalue weighted by Gasteiger charge is 2.24. The van der Waals surface area contributed by atoms with Gasteiger partial charge in [-0.05, 0) is 24.1 Å². The first kappa shape index (κ1) is 17.3. The van der Waals surface area contributed by atoms with Gasteiger partial charge in [-0.3, -0.25) is 4.90 Å². The van der Waals surface area contributed by atoms with Crippen molar-refractivity contribution in [1.29, 1.82) is 0 Å². The molecule has 0 aliphatic carbocycles. The van der Waals surface area contributed by atoms with E-state index in [0.29, 0.717) is 29.7 Å². The lowest BCUT2D eigenvalue weighted by atomic mass is 10.0. The van der Waals surface area contributed by atoms with Crippen LogP contribution < -0.4 is 15.2 Å². The number of rotatable bonds is 7. The van der Waals surface area contributed by atoms with E-state index in [1.807, 2.05) is 12.1 Å². The molecular weight excluding hydrogens is 304 g/mol. The Labute approximate surface area is 137 Å². The third-order valence-electron chi connectivity index (χ3n) is 3.80. The number of methoxy groups -OCH3 is 1. The summed E-state index contributed by atoms with van der Waals surface area (Å²) >= 11 is 6.40. The van der Waals surface area contributed by atoms with Crippen LogP contribution in [0.2, 0.25) is 5.02 Å². The lowest BCUT2D eigenvalue weighted by Crippen LogP contribution is -2.41. The van der Waals surface area contributed by atoms with Gasteiger partial charge in [0.15, 0.2) is 11.5 Å².